The summed E-state index contributed by atoms with van der Waals surface area (Å²) in [5.74, 6) is 1.01. The number of aryl methyl sites for hydroxylation is 2. The molecule has 6 nitrogen and oxygen atoms in total. The van der Waals surface area contributed by atoms with Gasteiger partial charge in [-0.2, -0.15) is 5.10 Å². The van der Waals surface area contributed by atoms with Crippen molar-refractivity contribution in [2.45, 2.75) is 27.3 Å². The van der Waals surface area contributed by atoms with Gasteiger partial charge in [-0.15, -0.1) is 0 Å². The van der Waals surface area contributed by atoms with Gasteiger partial charge in [0.2, 0.25) is 0 Å². The van der Waals surface area contributed by atoms with Gasteiger partial charge in [-0.3, -0.25) is 14.4 Å². The Hall–Kier alpha value is -2.21. The van der Waals surface area contributed by atoms with Crippen molar-refractivity contribution < 1.29 is 4.79 Å². The summed E-state index contributed by atoms with van der Waals surface area (Å²) in [4.78, 5) is 20.5. The molecule has 3 heterocycles. The average Bonchev–Trinajstić information content (AvgIpc) is 2.82. The van der Waals surface area contributed by atoms with Crippen molar-refractivity contribution >= 4 is 11.6 Å². The predicted octanol–water partition coefficient (Wildman–Crippen LogP) is 1.96. The lowest BCUT2D eigenvalue weighted by molar-refractivity contribution is 0.101. The largest absolute Gasteiger partial charge is 0.354 e. The third-order valence-electron chi connectivity index (χ3n) is 4.89. The molecule has 0 N–H and O–H groups in total. The minimum absolute atomic E-state index is 0.0566. The van der Waals surface area contributed by atoms with Crippen LogP contribution in [0.15, 0.2) is 18.3 Å². The topological polar surface area (TPSA) is 54.3 Å². The molecule has 24 heavy (non-hydrogen) atoms. The molecule has 3 rings (SSSR count). The Labute approximate surface area is 143 Å². The number of ketones is 1. The quantitative estimate of drug-likeness (QED) is 0.804. The highest BCUT2D eigenvalue weighted by Gasteiger charge is 2.20. The molecule has 128 valence electrons. The van der Waals surface area contributed by atoms with E-state index in [9.17, 15) is 4.79 Å². The van der Waals surface area contributed by atoms with Gasteiger partial charge in [0.15, 0.2) is 5.78 Å². The fourth-order valence-electron chi connectivity index (χ4n) is 3.19. The zero-order chi connectivity index (χ0) is 17.3. The first kappa shape index (κ1) is 16.6. The van der Waals surface area contributed by atoms with Crippen LogP contribution in [0.5, 0.6) is 0 Å². The molecular weight excluding hydrogens is 302 g/mol. The van der Waals surface area contributed by atoms with Crippen molar-refractivity contribution in [2.24, 2.45) is 7.05 Å². The Balaban J connectivity index is 1.60. The van der Waals surface area contributed by atoms with E-state index in [1.807, 2.05) is 23.9 Å². The predicted molar refractivity (Wildman–Crippen MR) is 94.4 cm³/mol. The van der Waals surface area contributed by atoms with Gasteiger partial charge in [0.1, 0.15) is 5.82 Å². The number of carbonyl (C=O) groups is 1. The molecular formula is C18H25N5O. The molecule has 1 aliphatic rings. The third kappa shape index (κ3) is 3.33. The second kappa shape index (κ2) is 6.73. The number of piperazine rings is 1. The Morgan fingerprint density at radius 2 is 1.88 bits per heavy atom. The van der Waals surface area contributed by atoms with Crippen molar-refractivity contribution in [3.63, 3.8) is 0 Å². The minimum Gasteiger partial charge on any atom is -0.354 e. The maximum absolute atomic E-state index is 11.3. The minimum atomic E-state index is 0.0566. The van der Waals surface area contributed by atoms with E-state index >= 15 is 0 Å². The average molecular weight is 327 g/mol. The van der Waals surface area contributed by atoms with Crippen LogP contribution in [-0.4, -0.2) is 51.6 Å². The van der Waals surface area contributed by atoms with Crippen molar-refractivity contribution in [1.29, 1.82) is 0 Å². The maximum Gasteiger partial charge on any atom is 0.161 e. The van der Waals surface area contributed by atoms with Crippen LogP contribution in [0.2, 0.25) is 0 Å². The fraction of sp³-hybridized carbons (Fsp3) is 0.500. The molecule has 0 aliphatic carbocycles. The van der Waals surface area contributed by atoms with E-state index < -0.39 is 0 Å². The first-order valence-electron chi connectivity index (χ1n) is 8.39. The van der Waals surface area contributed by atoms with Gasteiger partial charge in [-0.25, -0.2) is 4.98 Å². The van der Waals surface area contributed by atoms with Crippen molar-refractivity contribution in [3.05, 3.63) is 40.8 Å². The van der Waals surface area contributed by atoms with Gasteiger partial charge in [0.05, 0.1) is 5.69 Å². The van der Waals surface area contributed by atoms with E-state index in [0.717, 1.165) is 44.2 Å². The molecule has 6 heteroatoms. The van der Waals surface area contributed by atoms with Crippen LogP contribution in [-0.2, 0) is 13.6 Å². The summed E-state index contributed by atoms with van der Waals surface area (Å²) in [6, 6.07) is 3.81. The number of pyridine rings is 1. The van der Waals surface area contributed by atoms with Crippen LogP contribution >= 0.6 is 0 Å². The lowest BCUT2D eigenvalue weighted by Crippen LogP contribution is -2.46. The van der Waals surface area contributed by atoms with E-state index in [2.05, 4.69) is 33.7 Å². The molecule has 0 aromatic carbocycles. The van der Waals surface area contributed by atoms with E-state index in [1.54, 1.807) is 13.1 Å². The summed E-state index contributed by atoms with van der Waals surface area (Å²) < 4.78 is 1.96. The number of nitrogens with zero attached hydrogens (tertiary/aromatic N) is 5. The van der Waals surface area contributed by atoms with Gasteiger partial charge >= 0.3 is 0 Å². The summed E-state index contributed by atoms with van der Waals surface area (Å²) >= 11 is 0. The number of hydrogen-bond donors (Lipinski definition) is 0. The summed E-state index contributed by atoms with van der Waals surface area (Å²) in [6.45, 7) is 10.6. The zero-order valence-corrected chi connectivity index (χ0v) is 14.9. The summed E-state index contributed by atoms with van der Waals surface area (Å²) in [5.41, 5.74) is 4.38. The van der Waals surface area contributed by atoms with Gasteiger partial charge in [0, 0.05) is 62.8 Å². The molecule has 1 fully saturated rings. The molecule has 0 radical (unpaired) electrons. The second-order valence-electron chi connectivity index (χ2n) is 6.50. The normalized spacial score (nSPS) is 15.8. The maximum atomic E-state index is 11.3. The lowest BCUT2D eigenvalue weighted by Gasteiger charge is -2.35. The van der Waals surface area contributed by atoms with Gasteiger partial charge in [-0.05, 0) is 32.9 Å². The molecule has 1 aliphatic heterocycles. The van der Waals surface area contributed by atoms with Crippen molar-refractivity contribution in [2.75, 3.05) is 31.1 Å². The summed E-state index contributed by atoms with van der Waals surface area (Å²) in [6.07, 6.45) is 1.67. The first-order chi connectivity index (χ1) is 11.5. The first-order valence-corrected chi connectivity index (χ1v) is 8.39. The van der Waals surface area contributed by atoms with Gasteiger partial charge < -0.3 is 4.90 Å². The number of aromatic nitrogens is 3. The Morgan fingerprint density at radius 3 is 2.38 bits per heavy atom. The number of carbonyl (C=O) groups excluding carboxylic acids is 1. The number of rotatable bonds is 4. The number of hydrogen-bond acceptors (Lipinski definition) is 5. The van der Waals surface area contributed by atoms with Gasteiger partial charge in [0.25, 0.3) is 0 Å². The molecule has 0 spiro atoms. The Bertz CT molecular complexity index is 727. The Kier molecular flexibility index (Phi) is 4.66. The lowest BCUT2D eigenvalue weighted by atomic mass is 10.1. The fourth-order valence-corrected chi connectivity index (χ4v) is 3.19. The highest BCUT2D eigenvalue weighted by Crippen LogP contribution is 2.18. The highest BCUT2D eigenvalue weighted by atomic mass is 16.1. The van der Waals surface area contributed by atoms with Crippen LogP contribution in [0.25, 0.3) is 0 Å². The SMILES string of the molecule is CC(=O)c1ccc(N2CCN(Cc3c(C)nn(C)c3C)CC2)nc1. The molecule has 2 aromatic heterocycles. The standard InChI is InChI=1S/C18H25N5O/c1-13-17(14(2)21(4)20-13)12-22-7-9-23(10-8-22)18-6-5-16(11-19-18)15(3)24/h5-6,11H,7-10,12H2,1-4H3. The molecule has 0 bridgehead atoms. The van der Waals surface area contributed by atoms with E-state index in [0.29, 0.717) is 5.56 Å². The summed E-state index contributed by atoms with van der Waals surface area (Å²) in [7, 11) is 2.00. The third-order valence-corrected chi connectivity index (χ3v) is 4.89. The molecule has 1 saturated heterocycles. The second-order valence-corrected chi connectivity index (χ2v) is 6.50. The van der Waals surface area contributed by atoms with Gasteiger partial charge in [-0.1, -0.05) is 0 Å². The Morgan fingerprint density at radius 1 is 1.17 bits per heavy atom. The molecule has 0 unspecified atom stereocenters. The van der Waals surface area contributed by atoms with E-state index in [4.69, 9.17) is 0 Å². The van der Waals surface area contributed by atoms with Crippen LogP contribution in [0, 0.1) is 13.8 Å². The van der Waals surface area contributed by atoms with Crippen LogP contribution in [0.4, 0.5) is 5.82 Å². The molecule has 0 saturated carbocycles. The van der Waals surface area contributed by atoms with E-state index in [-0.39, 0.29) is 5.78 Å². The monoisotopic (exact) mass is 327 g/mol. The molecule has 0 amide bonds. The van der Waals surface area contributed by atoms with Crippen LogP contribution in [0.3, 0.4) is 0 Å². The van der Waals surface area contributed by atoms with Crippen molar-refractivity contribution in [1.82, 2.24) is 19.7 Å². The highest BCUT2D eigenvalue weighted by molar-refractivity contribution is 5.93. The summed E-state index contributed by atoms with van der Waals surface area (Å²) in [5, 5.41) is 4.50. The van der Waals surface area contributed by atoms with Crippen molar-refractivity contribution in [3.8, 4) is 0 Å². The smallest absolute Gasteiger partial charge is 0.161 e. The van der Waals surface area contributed by atoms with E-state index in [1.165, 1.54) is 11.3 Å². The number of anilines is 1. The molecule has 2 aromatic rings. The van der Waals surface area contributed by atoms with Crippen LogP contribution < -0.4 is 4.90 Å². The molecule has 0 atom stereocenters. The van der Waals surface area contributed by atoms with Crippen LogP contribution in [0.1, 0.15) is 34.2 Å². The number of Topliss-reactive ketones (excluding diaryl/α,β-unsaturated/α-hetero) is 1. The zero-order valence-electron chi connectivity index (χ0n) is 14.9.